The molecule has 0 radical (unpaired) electrons. The molecule has 54 valence electrons. The van der Waals surface area contributed by atoms with E-state index >= 15 is 0 Å². The van der Waals surface area contributed by atoms with Crippen molar-refractivity contribution in [2.45, 2.75) is 6.04 Å². The fourth-order valence-corrected chi connectivity index (χ4v) is 1.01. The zero-order valence-corrected chi connectivity index (χ0v) is 5.91. The van der Waals surface area contributed by atoms with Crippen LogP contribution in [0.3, 0.4) is 0 Å². The molecule has 1 aliphatic rings. The van der Waals surface area contributed by atoms with Crippen LogP contribution in [0, 0.1) is 0 Å². The van der Waals surface area contributed by atoms with Gasteiger partial charge in [0.25, 0.3) is 0 Å². The molecule has 0 unspecified atom stereocenters. The summed E-state index contributed by atoms with van der Waals surface area (Å²) in [6, 6.07) is 0.604. The van der Waals surface area contributed by atoms with Crippen molar-refractivity contribution in [3.05, 3.63) is 0 Å². The fraction of sp³-hybridized carbons (Fsp3) is 1.00. The van der Waals surface area contributed by atoms with Crippen molar-refractivity contribution in [3.63, 3.8) is 0 Å². The van der Waals surface area contributed by atoms with E-state index in [1.807, 2.05) is 7.05 Å². The molecule has 9 heavy (non-hydrogen) atoms. The number of hydrogen-bond acceptors (Lipinski definition) is 3. The molecule has 0 saturated carbocycles. The summed E-state index contributed by atoms with van der Waals surface area (Å²) >= 11 is 0. The zero-order chi connectivity index (χ0) is 6.53. The van der Waals surface area contributed by atoms with Gasteiger partial charge < -0.3 is 16.0 Å². The minimum atomic E-state index is 0.604. The predicted octanol–water partition coefficient (Wildman–Crippen LogP) is -1.23. The summed E-state index contributed by atoms with van der Waals surface area (Å²) in [7, 11) is 2.00. The summed E-state index contributed by atoms with van der Waals surface area (Å²) in [5.74, 6) is 0. The van der Waals surface area contributed by atoms with E-state index in [1.54, 1.807) is 0 Å². The van der Waals surface area contributed by atoms with Crippen molar-refractivity contribution in [1.82, 2.24) is 16.0 Å². The topological polar surface area (TPSA) is 36.1 Å². The Balaban J connectivity index is 2.18. The van der Waals surface area contributed by atoms with E-state index in [-0.39, 0.29) is 0 Å². The van der Waals surface area contributed by atoms with E-state index in [9.17, 15) is 0 Å². The van der Waals surface area contributed by atoms with Crippen LogP contribution in [0.2, 0.25) is 0 Å². The Bertz CT molecular complexity index is 66.7. The molecule has 3 heteroatoms. The summed E-state index contributed by atoms with van der Waals surface area (Å²) in [6.07, 6.45) is 0. The molecule has 0 amide bonds. The average Bonchev–Trinajstić information content (AvgIpc) is 2.13. The Labute approximate surface area is 56.2 Å². The van der Waals surface area contributed by atoms with Crippen LogP contribution in [-0.2, 0) is 0 Å². The van der Waals surface area contributed by atoms with Gasteiger partial charge in [-0.25, -0.2) is 0 Å². The highest BCUT2D eigenvalue weighted by molar-refractivity contribution is 4.73. The number of rotatable bonds is 1. The van der Waals surface area contributed by atoms with Gasteiger partial charge in [-0.1, -0.05) is 0 Å². The Morgan fingerprint density at radius 1 is 1.22 bits per heavy atom. The van der Waals surface area contributed by atoms with Crippen LogP contribution < -0.4 is 16.0 Å². The van der Waals surface area contributed by atoms with Gasteiger partial charge in [0.15, 0.2) is 0 Å². The van der Waals surface area contributed by atoms with Gasteiger partial charge in [-0.05, 0) is 7.05 Å². The van der Waals surface area contributed by atoms with Crippen LogP contribution >= 0.6 is 0 Å². The van der Waals surface area contributed by atoms with Crippen LogP contribution in [0.4, 0.5) is 0 Å². The van der Waals surface area contributed by atoms with E-state index in [0.29, 0.717) is 6.04 Å². The lowest BCUT2D eigenvalue weighted by molar-refractivity contribution is 0.532. The van der Waals surface area contributed by atoms with Crippen molar-refractivity contribution in [3.8, 4) is 0 Å². The van der Waals surface area contributed by atoms with E-state index in [0.717, 1.165) is 26.2 Å². The van der Waals surface area contributed by atoms with Crippen LogP contribution in [-0.4, -0.2) is 39.3 Å². The maximum atomic E-state index is 3.32. The number of nitrogens with one attached hydrogen (secondary N) is 3. The Morgan fingerprint density at radius 3 is 2.22 bits per heavy atom. The molecule has 1 rings (SSSR count). The number of hydrogen-bond donors (Lipinski definition) is 3. The smallest absolute Gasteiger partial charge is 0.0314 e. The maximum absolute atomic E-state index is 3.32. The van der Waals surface area contributed by atoms with Crippen LogP contribution in [0.5, 0.6) is 0 Å². The van der Waals surface area contributed by atoms with Gasteiger partial charge in [0, 0.05) is 32.2 Å². The second-order valence-electron chi connectivity index (χ2n) is 2.39. The molecular formula is C6H15N3. The zero-order valence-electron chi connectivity index (χ0n) is 5.91. The van der Waals surface area contributed by atoms with Crippen LogP contribution in [0.1, 0.15) is 0 Å². The molecule has 0 aliphatic carbocycles. The molecule has 1 fully saturated rings. The van der Waals surface area contributed by atoms with Gasteiger partial charge in [-0.3, -0.25) is 0 Å². The lowest BCUT2D eigenvalue weighted by atomic mass is 10.3. The van der Waals surface area contributed by atoms with Crippen molar-refractivity contribution in [2.75, 3.05) is 33.2 Å². The highest BCUT2D eigenvalue weighted by Gasteiger charge is 2.06. The summed E-state index contributed by atoms with van der Waals surface area (Å²) in [5, 5.41) is 9.87. The molecule has 0 aromatic rings. The van der Waals surface area contributed by atoms with Gasteiger partial charge in [0.1, 0.15) is 0 Å². The first-order valence-corrected chi connectivity index (χ1v) is 3.52. The van der Waals surface area contributed by atoms with Crippen LogP contribution in [0.15, 0.2) is 0 Å². The monoisotopic (exact) mass is 129 g/mol. The molecule has 1 saturated heterocycles. The number of likely N-dealkylation sites (N-methyl/N-ethyl adjacent to an activating group) is 1. The molecule has 0 aromatic heterocycles. The Morgan fingerprint density at radius 2 is 1.78 bits per heavy atom. The van der Waals surface area contributed by atoms with Gasteiger partial charge >= 0.3 is 0 Å². The molecule has 0 aromatic carbocycles. The third kappa shape index (κ3) is 2.30. The average molecular weight is 129 g/mol. The first-order chi connectivity index (χ1) is 4.43. The first kappa shape index (κ1) is 6.99. The Hall–Kier alpha value is -0.120. The lowest BCUT2D eigenvalue weighted by Gasteiger charge is -2.11. The van der Waals surface area contributed by atoms with Crippen molar-refractivity contribution >= 4 is 0 Å². The summed E-state index contributed by atoms with van der Waals surface area (Å²) in [5.41, 5.74) is 0. The molecule has 1 aliphatic heterocycles. The van der Waals surface area contributed by atoms with Crippen LogP contribution in [0.25, 0.3) is 0 Å². The normalized spacial score (nSPS) is 23.7. The second-order valence-corrected chi connectivity index (χ2v) is 2.39. The fourth-order valence-electron chi connectivity index (χ4n) is 1.01. The molecule has 1 heterocycles. The molecule has 0 spiro atoms. The second kappa shape index (κ2) is 3.82. The lowest BCUT2D eigenvalue weighted by Crippen LogP contribution is -2.39. The van der Waals surface area contributed by atoms with E-state index in [2.05, 4.69) is 16.0 Å². The summed E-state index contributed by atoms with van der Waals surface area (Å²) in [6.45, 7) is 4.36. The molecule has 0 atom stereocenters. The molecule has 0 bridgehead atoms. The SMILES string of the molecule is CNC1CNCCNC1. The molecular weight excluding hydrogens is 114 g/mol. The van der Waals surface area contributed by atoms with E-state index in [4.69, 9.17) is 0 Å². The largest absolute Gasteiger partial charge is 0.315 e. The molecule has 3 N–H and O–H groups in total. The molecule has 3 nitrogen and oxygen atoms in total. The van der Waals surface area contributed by atoms with E-state index in [1.165, 1.54) is 0 Å². The third-order valence-electron chi connectivity index (χ3n) is 1.67. The summed E-state index contributed by atoms with van der Waals surface area (Å²) in [4.78, 5) is 0. The standard InChI is InChI=1S/C6H15N3/c1-7-6-4-8-2-3-9-5-6/h6-9H,2-5H2,1H3. The van der Waals surface area contributed by atoms with E-state index < -0.39 is 0 Å². The highest BCUT2D eigenvalue weighted by Crippen LogP contribution is 1.80. The third-order valence-corrected chi connectivity index (χ3v) is 1.67. The van der Waals surface area contributed by atoms with Gasteiger partial charge in [-0.15, -0.1) is 0 Å². The van der Waals surface area contributed by atoms with Gasteiger partial charge in [0.05, 0.1) is 0 Å². The van der Waals surface area contributed by atoms with Gasteiger partial charge in [-0.2, -0.15) is 0 Å². The van der Waals surface area contributed by atoms with Gasteiger partial charge in [0.2, 0.25) is 0 Å². The maximum Gasteiger partial charge on any atom is 0.0314 e. The summed E-state index contributed by atoms with van der Waals surface area (Å²) < 4.78 is 0. The highest BCUT2D eigenvalue weighted by atomic mass is 15.1. The first-order valence-electron chi connectivity index (χ1n) is 3.52. The van der Waals surface area contributed by atoms with Crippen molar-refractivity contribution in [1.29, 1.82) is 0 Å². The van der Waals surface area contributed by atoms with Crippen molar-refractivity contribution < 1.29 is 0 Å². The minimum Gasteiger partial charge on any atom is -0.315 e. The Kier molecular flexibility index (Phi) is 2.97. The minimum absolute atomic E-state index is 0.604. The quantitative estimate of drug-likeness (QED) is 0.415. The predicted molar refractivity (Wildman–Crippen MR) is 38.6 cm³/mol. The van der Waals surface area contributed by atoms with Crippen molar-refractivity contribution in [2.24, 2.45) is 0 Å².